The van der Waals surface area contributed by atoms with Gasteiger partial charge in [0.1, 0.15) is 11.2 Å². The van der Waals surface area contributed by atoms with Gasteiger partial charge in [0.25, 0.3) is 0 Å². The fourth-order valence-electron chi connectivity index (χ4n) is 7.67. The molecule has 0 N–H and O–H groups in total. The highest BCUT2D eigenvalue weighted by molar-refractivity contribution is 6.15. The molecule has 0 saturated carbocycles. The molecule has 0 saturated heterocycles. The van der Waals surface area contributed by atoms with E-state index in [1.165, 1.54) is 39.5 Å². The smallest absolute Gasteiger partial charge is 0.136 e. The molecule has 9 aromatic carbocycles. The van der Waals surface area contributed by atoms with Crippen LogP contribution in [-0.2, 0) is 0 Å². The van der Waals surface area contributed by atoms with Crippen LogP contribution in [0.15, 0.2) is 210 Å². The molecule has 0 spiro atoms. The summed E-state index contributed by atoms with van der Waals surface area (Å²) in [4.78, 5) is 0. The summed E-state index contributed by atoms with van der Waals surface area (Å²) < 4.78 is 190. The van der Waals surface area contributed by atoms with Crippen molar-refractivity contribution in [3.05, 3.63) is 206 Å². The molecule has 3 nitrogen and oxygen atoms in total. The summed E-state index contributed by atoms with van der Waals surface area (Å²) >= 11 is 0. The lowest BCUT2D eigenvalue weighted by Gasteiger charge is -2.10. The van der Waals surface area contributed by atoms with Gasteiger partial charge in [-0.3, -0.25) is 0 Å². The van der Waals surface area contributed by atoms with Crippen LogP contribution in [0, 0.1) is 0 Å². The summed E-state index contributed by atoms with van der Waals surface area (Å²) in [6.45, 7) is 0. The maximum atomic E-state index is 9.97. The van der Waals surface area contributed by atoms with E-state index in [0.29, 0.717) is 5.69 Å². The molecule has 0 unspecified atom stereocenters. The Bertz CT molecular complexity index is 4680. The summed E-state index contributed by atoms with van der Waals surface area (Å²) in [6.07, 6.45) is 0. The average Bonchev–Trinajstić information content (AvgIpc) is 4.27. The zero-order valence-corrected chi connectivity index (χ0v) is 29.4. The van der Waals surface area contributed by atoms with Crippen LogP contribution in [0.1, 0.15) is 27.4 Å². The number of furan rings is 1. The molecule has 0 bridgehead atoms. The van der Waals surface area contributed by atoms with Crippen molar-refractivity contribution in [2.75, 3.05) is 0 Å². The van der Waals surface area contributed by atoms with Crippen LogP contribution in [-0.4, -0.2) is 9.13 Å². The largest absolute Gasteiger partial charge is 0.456 e. The third-order valence-electron chi connectivity index (χ3n) is 10.2. The summed E-state index contributed by atoms with van der Waals surface area (Å²) in [5.41, 5.74) is 0.279. The molecule has 0 aliphatic rings. The minimum atomic E-state index is -0.708. The molecule has 0 radical (unpaired) electrons. The van der Waals surface area contributed by atoms with Gasteiger partial charge in [0.15, 0.2) is 0 Å². The fraction of sp³-hybridized carbons (Fsp3) is 0. The van der Waals surface area contributed by atoms with E-state index in [1.807, 2.05) is 42.5 Å². The number of rotatable bonds is 5. The third kappa shape index (κ3) is 4.92. The second kappa shape index (κ2) is 12.5. The lowest BCUT2D eigenvalue weighted by molar-refractivity contribution is 0.669. The highest BCUT2D eigenvalue weighted by atomic mass is 16.3. The van der Waals surface area contributed by atoms with E-state index in [9.17, 15) is 11.0 Å². The van der Waals surface area contributed by atoms with Gasteiger partial charge in [-0.05, 0) is 106 Å². The Kier molecular flexibility index (Phi) is 3.91. The molecule has 0 aliphatic carbocycles. The van der Waals surface area contributed by atoms with Crippen molar-refractivity contribution in [3.8, 4) is 44.8 Å². The van der Waals surface area contributed by atoms with Gasteiger partial charge in [0.2, 0.25) is 0 Å². The van der Waals surface area contributed by atoms with Crippen LogP contribution in [0.25, 0.3) is 110 Å². The normalized spacial score (nSPS) is 16.8. The van der Waals surface area contributed by atoms with Gasteiger partial charge in [-0.15, -0.1) is 0 Å². The number of hydrogen-bond acceptors (Lipinski definition) is 1. The van der Waals surface area contributed by atoms with E-state index >= 15 is 0 Å². The predicted molar refractivity (Wildman–Crippen MR) is 239 cm³/mol. The van der Waals surface area contributed by atoms with E-state index < -0.39 is 109 Å². The topological polar surface area (TPSA) is 23.0 Å². The van der Waals surface area contributed by atoms with Gasteiger partial charge in [0, 0.05) is 43.7 Å². The van der Waals surface area contributed by atoms with Gasteiger partial charge in [-0.2, -0.15) is 0 Å². The van der Waals surface area contributed by atoms with Gasteiger partial charge in [-0.25, -0.2) is 0 Å². The van der Waals surface area contributed by atoms with Crippen LogP contribution in [0.4, 0.5) is 0 Å². The standard InChI is InChI=1S/C54H34N2O/c1-3-12-35(13-4-1)36-22-26-40(27-23-36)55-48-19-9-7-16-43(48)45-32-38(24-29-50(45)55)39-25-30-51-46(33-39)44-17-8-10-20-49(44)56(51)41-28-31-52-47(34-41)54-42(18-11-21-53(54)57-52)37-14-5-2-6-15-37/h1-34H/i2D,5D,7D,8D,9D,10D,11D,14D,16D,17D,18D,19D,20D,21D,25D,28D,29D,31D,32D,33D. The first-order valence-electron chi connectivity index (χ1n) is 27.9. The molecule has 0 atom stereocenters. The number of fused-ring (bicyclic) bond motifs is 9. The quantitative estimate of drug-likeness (QED) is 0.172. The van der Waals surface area contributed by atoms with Crippen LogP contribution >= 0.6 is 0 Å². The summed E-state index contributed by atoms with van der Waals surface area (Å²) in [7, 11) is 0. The highest BCUT2D eigenvalue weighted by Crippen LogP contribution is 2.41. The second-order valence-corrected chi connectivity index (χ2v) is 13.4. The number of benzene rings is 9. The molecule has 12 aromatic rings. The summed E-state index contributed by atoms with van der Waals surface area (Å²) in [5.74, 6) is 0. The molecule has 3 heterocycles. The van der Waals surface area contributed by atoms with Crippen molar-refractivity contribution in [3.63, 3.8) is 0 Å². The minimum Gasteiger partial charge on any atom is -0.456 e. The van der Waals surface area contributed by atoms with E-state index in [0.717, 1.165) is 11.1 Å². The lowest BCUT2D eigenvalue weighted by Crippen LogP contribution is -1.94. The monoisotopic (exact) mass is 746 g/mol. The van der Waals surface area contributed by atoms with Crippen LogP contribution in [0.2, 0.25) is 0 Å². The first-order valence-corrected chi connectivity index (χ1v) is 17.9. The maximum Gasteiger partial charge on any atom is 0.136 e. The number of aromatic nitrogens is 2. The molecular formula is C54H34N2O. The third-order valence-corrected chi connectivity index (χ3v) is 10.2. The van der Waals surface area contributed by atoms with Gasteiger partial charge in [0.05, 0.1) is 49.5 Å². The fourth-order valence-corrected chi connectivity index (χ4v) is 7.67. The second-order valence-electron chi connectivity index (χ2n) is 13.4. The van der Waals surface area contributed by atoms with Crippen molar-refractivity contribution in [2.45, 2.75) is 0 Å². The summed E-state index contributed by atoms with van der Waals surface area (Å²) in [6, 6.07) is 12.4. The Morgan fingerprint density at radius 1 is 0.368 bits per heavy atom. The van der Waals surface area contributed by atoms with Crippen molar-refractivity contribution in [1.82, 2.24) is 9.13 Å². The number of hydrogen-bond donors (Lipinski definition) is 0. The predicted octanol–water partition coefficient (Wildman–Crippen LogP) is 14.8. The Morgan fingerprint density at radius 2 is 1.05 bits per heavy atom. The first-order chi connectivity index (χ1) is 36.6. The number of para-hydroxylation sites is 2. The molecule has 266 valence electrons. The van der Waals surface area contributed by atoms with E-state index in [2.05, 4.69) is 0 Å². The Balaban J connectivity index is 1.17. The molecular weight excluding hydrogens is 693 g/mol. The van der Waals surface area contributed by atoms with Crippen molar-refractivity contribution >= 4 is 65.6 Å². The minimum absolute atomic E-state index is 0.0242. The van der Waals surface area contributed by atoms with Crippen molar-refractivity contribution < 1.29 is 31.8 Å². The maximum absolute atomic E-state index is 9.97. The molecule has 3 heteroatoms. The van der Waals surface area contributed by atoms with Gasteiger partial charge >= 0.3 is 0 Å². The van der Waals surface area contributed by atoms with Gasteiger partial charge < -0.3 is 13.6 Å². The zero-order chi connectivity index (χ0) is 54.9. The Morgan fingerprint density at radius 3 is 1.88 bits per heavy atom. The first kappa shape index (κ1) is 17.9. The average molecular weight is 747 g/mol. The highest BCUT2D eigenvalue weighted by Gasteiger charge is 2.18. The SMILES string of the molecule is [2H]c1ccc(-c2c([2H])c([2H])c([2H])c3oc4c([2H])c([2H])c(-n5c6cc([2H])c(-c7cc([2H])c8c(c7[2H])c7c([2H])c([2H])c([2H])c([2H])c7n8-c7ccc(-c8ccccc8)cc7)c([2H])c6c6c([2H])c([2H])c([2H])c([2H])c65)cc4c23)c([2H])c1[2H]. The Hall–Kier alpha value is -7.62. The molecule has 0 fully saturated rings. The van der Waals surface area contributed by atoms with Gasteiger partial charge in [-0.1, -0.05) is 133 Å². The molecule has 57 heavy (non-hydrogen) atoms. The van der Waals surface area contributed by atoms with Crippen LogP contribution in [0.3, 0.4) is 0 Å². The van der Waals surface area contributed by atoms with E-state index in [-0.39, 0.29) is 106 Å². The zero-order valence-electron chi connectivity index (χ0n) is 49.4. The Labute approximate surface area is 357 Å². The van der Waals surface area contributed by atoms with Crippen molar-refractivity contribution in [1.29, 1.82) is 0 Å². The van der Waals surface area contributed by atoms with E-state index in [4.69, 9.17) is 20.9 Å². The molecule has 0 aliphatic heterocycles. The van der Waals surface area contributed by atoms with Crippen LogP contribution in [0.5, 0.6) is 0 Å². The van der Waals surface area contributed by atoms with E-state index in [1.54, 1.807) is 12.1 Å². The molecule has 3 aromatic heterocycles. The number of nitrogens with zero attached hydrogens (tertiary/aromatic N) is 2. The molecule has 12 rings (SSSR count). The van der Waals surface area contributed by atoms with Crippen LogP contribution < -0.4 is 0 Å². The van der Waals surface area contributed by atoms with Crippen molar-refractivity contribution in [2.24, 2.45) is 0 Å². The lowest BCUT2D eigenvalue weighted by atomic mass is 9.99. The molecule has 0 amide bonds. The summed E-state index contributed by atoms with van der Waals surface area (Å²) in [5, 5.41) is -0.694.